The van der Waals surface area contributed by atoms with Crippen LogP contribution >= 0.6 is 0 Å². The molecule has 0 aromatic heterocycles. The molecule has 1 N–H and O–H groups in total. The molecule has 0 bridgehead atoms. The lowest BCUT2D eigenvalue weighted by Gasteiger charge is -2.38. The van der Waals surface area contributed by atoms with E-state index >= 15 is 0 Å². The number of ether oxygens (including phenoxy) is 1. The molecule has 9 heteroatoms. The summed E-state index contributed by atoms with van der Waals surface area (Å²) in [5.41, 5.74) is 0.247. The number of alkyl halides is 3. The normalized spacial score (nSPS) is 23.3. The number of morpholine rings is 1. The minimum atomic E-state index is -4.51. The smallest absolute Gasteiger partial charge is 0.378 e. The summed E-state index contributed by atoms with van der Waals surface area (Å²) in [6, 6.07) is 3.49. The number of nitrogens with one attached hydrogen (secondary N) is 1. The predicted octanol–water partition coefficient (Wildman–Crippen LogP) is 3.07. The fourth-order valence-corrected chi connectivity index (χ4v) is 3.89. The number of nitrogens with zero attached hydrogens (tertiary/aromatic N) is 2. The number of hydrogen-bond donors (Lipinski definition) is 1. The van der Waals surface area contributed by atoms with Gasteiger partial charge in [0.15, 0.2) is 0 Å². The molecule has 1 atom stereocenters. The standard InChI is InChI=1S/C20H22F3N3O3/c1-12-16(18(27)25-7-9-29-10-8-25)17(24-19(28)26(12)15-5-6-15)13-3-2-4-14(11-13)20(21,22)23/h2-4,11,15,17H,5-10H2,1H3,(H,24,28). The van der Waals surface area contributed by atoms with E-state index in [1.807, 2.05) is 0 Å². The quantitative estimate of drug-likeness (QED) is 0.835. The fraction of sp³-hybridized carbons (Fsp3) is 0.500. The lowest BCUT2D eigenvalue weighted by Crippen LogP contribution is -2.51. The van der Waals surface area contributed by atoms with Gasteiger partial charge >= 0.3 is 12.2 Å². The minimum Gasteiger partial charge on any atom is -0.378 e. The third-order valence-corrected chi connectivity index (χ3v) is 5.51. The van der Waals surface area contributed by atoms with Gasteiger partial charge < -0.3 is 15.0 Å². The van der Waals surface area contributed by atoms with Gasteiger partial charge in [0.25, 0.3) is 5.91 Å². The molecule has 1 aromatic carbocycles. The maximum Gasteiger partial charge on any atom is 0.416 e. The van der Waals surface area contributed by atoms with Gasteiger partial charge in [0.2, 0.25) is 0 Å². The van der Waals surface area contributed by atoms with Gasteiger partial charge in [-0.15, -0.1) is 0 Å². The topological polar surface area (TPSA) is 61.9 Å². The Kier molecular flexibility index (Phi) is 5.02. The second-order valence-electron chi connectivity index (χ2n) is 7.51. The van der Waals surface area contributed by atoms with Crippen LogP contribution in [-0.4, -0.2) is 54.1 Å². The Morgan fingerprint density at radius 3 is 2.52 bits per heavy atom. The van der Waals surface area contributed by atoms with Crippen LogP contribution in [0.1, 0.15) is 36.9 Å². The summed E-state index contributed by atoms with van der Waals surface area (Å²) < 4.78 is 44.9. The van der Waals surface area contributed by atoms with Gasteiger partial charge in [-0.25, -0.2) is 4.79 Å². The molecule has 6 nitrogen and oxygen atoms in total. The first kappa shape index (κ1) is 19.8. The van der Waals surface area contributed by atoms with Crippen LogP contribution < -0.4 is 5.32 Å². The van der Waals surface area contributed by atoms with E-state index in [4.69, 9.17) is 4.74 Å². The van der Waals surface area contributed by atoms with E-state index in [1.54, 1.807) is 16.7 Å². The Bertz CT molecular complexity index is 858. The first-order valence-corrected chi connectivity index (χ1v) is 9.62. The van der Waals surface area contributed by atoms with E-state index in [0.29, 0.717) is 37.6 Å². The zero-order valence-electron chi connectivity index (χ0n) is 16.0. The van der Waals surface area contributed by atoms with Crippen molar-refractivity contribution >= 4 is 11.9 Å². The number of halogens is 3. The molecule has 1 saturated carbocycles. The highest BCUT2D eigenvalue weighted by molar-refractivity contribution is 5.98. The number of urea groups is 1. The van der Waals surface area contributed by atoms with Gasteiger partial charge in [0, 0.05) is 24.8 Å². The summed E-state index contributed by atoms with van der Waals surface area (Å²) in [4.78, 5) is 29.2. The average Bonchev–Trinajstić information content (AvgIpc) is 3.52. The summed E-state index contributed by atoms with van der Waals surface area (Å²) in [6.45, 7) is 3.33. The first-order chi connectivity index (χ1) is 13.8. The van der Waals surface area contributed by atoms with Gasteiger partial charge in [-0.2, -0.15) is 13.2 Å². The summed E-state index contributed by atoms with van der Waals surface area (Å²) in [7, 11) is 0. The van der Waals surface area contributed by atoms with E-state index in [9.17, 15) is 22.8 Å². The maximum atomic E-state index is 13.3. The Balaban J connectivity index is 1.76. The van der Waals surface area contributed by atoms with E-state index in [1.165, 1.54) is 12.1 Å². The van der Waals surface area contributed by atoms with E-state index < -0.39 is 17.8 Å². The number of amides is 3. The van der Waals surface area contributed by atoms with Crippen molar-refractivity contribution in [2.75, 3.05) is 26.3 Å². The molecule has 4 rings (SSSR count). The van der Waals surface area contributed by atoms with Crippen molar-refractivity contribution in [2.24, 2.45) is 0 Å². The van der Waals surface area contributed by atoms with Crippen molar-refractivity contribution < 1.29 is 27.5 Å². The zero-order valence-corrected chi connectivity index (χ0v) is 16.0. The van der Waals surface area contributed by atoms with Crippen LogP contribution in [0.5, 0.6) is 0 Å². The zero-order chi connectivity index (χ0) is 20.8. The summed E-state index contributed by atoms with van der Waals surface area (Å²) >= 11 is 0. The Labute approximate surface area is 166 Å². The van der Waals surface area contributed by atoms with Crippen molar-refractivity contribution in [1.82, 2.24) is 15.1 Å². The molecule has 2 heterocycles. The van der Waals surface area contributed by atoms with Crippen LogP contribution in [0.25, 0.3) is 0 Å². The van der Waals surface area contributed by atoms with Gasteiger partial charge in [-0.05, 0) is 37.5 Å². The largest absolute Gasteiger partial charge is 0.416 e. The molecule has 2 aliphatic heterocycles. The molecule has 0 spiro atoms. The van der Waals surface area contributed by atoms with E-state index in [0.717, 1.165) is 25.0 Å². The molecular weight excluding hydrogens is 387 g/mol. The van der Waals surface area contributed by atoms with Crippen LogP contribution in [-0.2, 0) is 15.7 Å². The number of carbonyl (C=O) groups excluding carboxylic acids is 2. The van der Waals surface area contributed by atoms with Gasteiger partial charge in [0.1, 0.15) is 0 Å². The van der Waals surface area contributed by atoms with Crippen LogP contribution in [0, 0.1) is 0 Å². The fourth-order valence-electron chi connectivity index (χ4n) is 3.89. The molecule has 1 aromatic rings. The second-order valence-corrected chi connectivity index (χ2v) is 7.51. The third-order valence-electron chi connectivity index (χ3n) is 5.51. The lowest BCUT2D eigenvalue weighted by atomic mass is 9.92. The van der Waals surface area contributed by atoms with Gasteiger partial charge in [-0.1, -0.05) is 12.1 Å². The molecule has 3 amide bonds. The Morgan fingerprint density at radius 1 is 1.21 bits per heavy atom. The molecule has 2 fully saturated rings. The van der Waals surface area contributed by atoms with Crippen molar-refractivity contribution in [3.63, 3.8) is 0 Å². The Hall–Kier alpha value is -2.55. The van der Waals surface area contributed by atoms with Crippen molar-refractivity contribution in [1.29, 1.82) is 0 Å². The van der Waals surface area contributed by atoms with E-state index in [2.05, 4.69) is 5.32 Å². The first-order valence-electron chi connectivity index (χ1n) is 9.62. The van der Waals surface area contributed by atoms with Crippen molar-refractivity contribution in [3.05, 3.63) is 46.7 Å². The van der Waals surface area contributed by atoms with Crippen LogP contribution in [0.4, 0.5) is 18.0 Å². The molecule has 1 aliphatic carbocycles. The van der Waals surface area contributed by atoms with Gasteiger partial charge in [0.05, 0.1) is 30.4 Å². The second kappa shape index (κ2) is 7.37. The highest BCUT2D eigenvalue weighted by Gasteiger charge is 2.43. The number of benzene rings is 1. The highest BCUT2D eigenvalue weighted by atomic mass is 19.4. The SMILES string of the molecule is CC1=C(C(=O)N2CCOCC2)C(c2cccc(C(F)(F)F)c2)NC(=O)N1C1CC1. The minimum absolute atomic E-state index is 0.0324. The molecule has 156 valence electrons. The van der Waals surface area contributed by atoms with Crippen LogP contribution in [0.3, 0.4) is 0 Å². The lowest BCUT2D eigenvalue weighted by molar-refractivity contribution is -0.137. The highest BCUT2D eigenvalue weighted by Crippen LogP contribution is 2.39. The van der Waals surface area contributed by atoms with Crippen molar-refractivity contribution in [3.8, 4) is 0 Å². The third kappa shape index (κ3) is 3.83. The molecule has 1 saturated heterocycles. The molecular formula is C20H22F3N3O3. The van der Waals surface area contributed by atoms with Gasteiger partial charge in [-0.3, -0.25) is 9.69 Å². The van der Waals surface area contributed by atoms with Crippen LogP contribution in [0.15, 0.2) is 35.5 Å². The van der Waals surface area contributed by atoms with Crippen molar-refractivity contribution in [2.45, 2.75) is 38.0 Å². The molecule has 29 heavy (non-hydrogen) atoms. The number of carbonyl (C=O) groups is 2. The number of hydrogen-bond acceptors (Lipinski definition) is 3. The molecule has 0 radical (unpaired) electrons. The van der Waals surface area contributed by atoms with Crippen LogP contribution in [0.2, 0.25) is 0 Å². The monoisotopic (exact) mass is 409 g/mol. The van der Waals surface area contributed by atoms with E-state index in [-0.39, 0.29) is 23.5 Å². The Morgan fingerprint density at radius 2 is 1.90 bits per heavy atom. The predicted molar refractivity (Wildman–Crippen MR) is 97.7 cm³/mol. The summed E-state index contributed by atoms with van der Waals surface area (Å²) in [6.07, 6.45) is -2.82. The average molecular weight is 409 g/mol. The summed E-state index contributed by atoms with van der Waals surface area (Å²) in [5.74, 6) is -0.279. The molecule has 3 aliphatic rings. The number of rotatable bonds is 3. The number of allylic oxidation sites excluding steroid dienone is 1. The summed E-state index contributed by atoms with van der Waals surface area (Å²) in [5, 5.41) is 2.77. The molecule has 1 unspecified atom stereocenters. The maximum absolute atomic E-state index is 13.3.